The molecule has 25 heavy (non-hydrogen) atoms. The monoisotopic (exact) mass is 358 g/mol. The Balaban J connectivity index is 1.63. The number of hydrogen-bond donors (Lipinski definition) is 3. The van der Waals surface area contributed by atoms with Gasteiger partial charge in [0.2, 0.25) is 0 Å². The molecule has 3 N–H and O–H groups in total. The van der Waals surface area contributed by atoms with Crippen molar-refractivity contribution in [2.24, 2.45) is 5.92 Å². The van der Waals surface area contributed by atoms with Gasteiger partial charge in [0.15, 0.2) is 0 Å². The van der Waals surface area contributed by atoms with Crippen molar-refractivity contribution < 1.29 is 10.2 Å². The minimum atomic E-state index is -0.130. The number of aliphatic hydroxyl groups excluding tert-OH is 1. The lowest BCUT2D eigenvalue weighted by molar-refractivity contribution is 0.279. The number of aliphatic hydroxyl groups is 1. The Morgan fingerprint density at radius 2 is 2.08 bits per heavy atom. The molecule has 0 amide bonds. The van der Waals surface area contributed by atoms with E-state index in [2.05, 4.69) is 28.5 Å². The molecule has 1 aromatic heterocycles. The number of pyridine rings is 1. The molecule has 5 heteroatoms. The van der Waals surface area contributed by atoms with Crippen molar-refractivity contribution in [3.05, 3.63) is 47.3 Å². The molecule has 3 rings (SSSR count). The number of hydrogen-bond acceptors (Lipinski definition) is 5. The fraction of sp³-hybridized carbons (Fsp3) is 0.450. The first-order valence-corrected chi connectivity index (χ1v) is 9.90. The van der Waals surface area contributed by atoms with E-state index in [1.807, 2.05) is 17.8 Å². The number of rotatable bonds is 7. The zero-order valence-corrected chi connectivity index (χ0v) is 15.5. The molecule has 2 aromatic rings. The van der Waals surface area contributed by atoms with Crippen LogP contribution in [0.4, 0.5) is 5.69 Å². The third-order valence-electron chi connectivity index (χ3n) is 4.86. The van der Waals surface area contributed by atoms with Gasteiger partial charge in [-0.1, -0.05) is 18.9 Å². The molecule has 0 aliphatic heterocycles. The van der Waals surface area contributed by atoms with Gasteiger partial charge in [0, 0.05) is 40.2 Å². The summed E-state index contributed by atoms with van der Waals surface area (Å²) in [6, 6.07) is 8.40. The number of aryl methyl sites for hydroxylation is 1. The standard InChI is InChI=1S/C20H26N2O2S/c1-14-20(24)19(16(12-23)10-21-14)11-22-17-7-4-8-18(9-17)25-13-15-5-2-3-6-15/h4,7-10,15,22-24H,2-3,5-6,11-13H2,1H3. The van der Waals surface area contributed by atoms with Crippen molar-refractivity contribution in [2.75, 3.05) is 11.1 Å². The quantitative estimate of drug-likeness (QED) is 0.637. The second kappa shape index (κ2) is 8.59. The molecule has 1 heterocycles. The third-order valence-corrected chi connectivity index (χ3v) is 6.09. The van der Waals surface area contributed by atoms with Gasteiger partial charge in [-0.25, -0.2) is 0 Å². The number of nitrogens with one attached hydrogen (secondary N) is 1. The van der Waals surface area contributed by atoms with Gasteiger partial charge in [0.1, 0.15) is 5.75 Å². The summed E-state index contributed by atoms with van der Waals surface area (Å²) in [5.41, 5.74) is 2.96. The van der Waals surface area contributed by atoms with Gasteiger partial charge in [0.25, 0.3) is 0 Å². The molecule has 4 nitrogen and oxygen atoms in total. The highest BCUT2D eigenvalue weighted by atomic mass is 32.2. The van der Waals surface area contributed by atoms with Crippen LogP contribution in [-0.2, 0) is 13.2 Å². The first kappa shape index (κ1) is 18.1. The summed E-state index contributed by atoms with van der Waals surface area (Å²) in [4.78, 5) is 5.37. The predicted molar refractivity (Wildman–Crippen MR) is 103 cm³/mol. The Labute approximate surface area is 153 Å². The molecule has 0 bridgehead atoms. The molecule has 0 spiro atoms. The van der Waals surface area contributed by atoms with Crippen LogP contribution in [-0.4, -0.2) is 20.9 Å². The summed E-state index contributed by atoms with van der Waals surface area (Å²) in [6.45, 7) is 2.09. The zero-order valence-electron chi connectivity index (χ0n) is 14.7. The second-order valence-electron chi connectivity index (χ2n) is 6.70. The van der Waals surface area contributed by atoms with Crippen LogP contribution in [0.25, 0.3) is 0 Å². The van der Waals surface area contributed by atoms with Gasteiger partial charge >= 0.3 is 0 Å². The van der Waals surface area contributed by atoms with Crippen molar-refractivity contribution in [2.45, 2.75) is 50.7 Å². The Kier molecular flexibility index (Phi) is 6.21. The molecule has 1 fully saturated rings. The lowest BCUT2D eigenvalue weighted by Crippen LogP contribution is -2.05. The van der Waals surface area contributed by atoms with Gasteiger partial charge in [-0.2, -0.15) is 0 Å². The van der Waals surface area contributed by atoms with Crippen molar-refractivity contribution in [1.82, 2.24) is 4.98 Å². The Hall–Kier alpha value is -1.72. The molecule has 1 aliphatic rings. The smallest absolute Gasteiger partial charge is 0.142 e. The van der Waals surface area contributed by atoms with E-state index >= 15 is 0 Å². The fourth-order valence-corrected chi connectivity index (χ4v) is 4.44. The maximum atomic E-state index is 10.2. The molecule has 0 radical (unpaired) electrons. The largest absolute Gasteiger partial charge is 0.506 e. The first-order chi connectivity index (χ1) is 12.2. The van der Waals surface area contributed by atoms with Crippen LogP contribution < -0.4 is 5.32 Å². The molecule has 134 valence electrons. The van der Waals surface area contributed by atoms with Crippen LogP contribution >= 0.6 is 11.8 Å². The molecular formula is C20H26N2O2S. The van der Waals surface area contributed by atoms with E-state index < -0.39 is 0 Å². The van der Waals surface area contributed by atoms with E-state index in [1.54, 1.807) is 13.1 Å². The third kappa shape index (κ3) is 4.67. The molecule has 1 aromatic carbocycles. The highest BCUT2D eigenvalue weighted by molar-refractivity contribution is 7.99. The van der Waals surface area contributed by atoms with Crippen LogP contribution in [0.3, 0.4) is 0 Å². The molecule has 0 atom stereocenters. The topological polar surface area (TPSA) is 65.4 Å². The molecular weight excluding hydrogens is 332 g/mol. The Morgan fingerprint density at radius 3 is 2.84 bits per heavy atom. The number of thioether (sulfide) groups is 1. The van der Waals surface area contributed by atoms with Gasteiger partial charge in [-0.3, -0.25) is 4.98 Å². The van der Waals surface area contributed by atoms with E-state index in [0.717, 1.165) is 11.6 Å². The SMILES string of the molecule is Cc1ncc(CO)c(CNc2cccc(SCC3CCCC3)c2)c1O. The second-order valence-corrected chi connectivity index (χ2v) is 7.79. The summed E-state index contributed by atoms with van der Waals surface area (Å²) in [5, 5.41) is 23.1. The van der Waals surface area contributed by atoms with Crippen molar-refractivity contribution in [3.8, 4) is 5.75 Å². The molecule has 1 saturated carbocycles. The summed E-state index contributed by atoms with van der Waals surface area (Å²) < 4.78 is 0. The van der Waals surface area contributed by atoms with Crippen molar-refractivity contribution in [1.29, 1.82) is 0 Å². The van der Waals surface area contributed by atoms with E-state index in [4.69, 9.17) is 0 Å². The van der Waals surface area contributed by atoms with E-state index in [-0.39, 0.29) is 12.4 Å². The normalized spacial score (nSPS) is 14.8. The molecule has 0 unspecified atom stereocenters. The van der Waals surface area contributed by atoms with Crippen LogP contribution in [0.1, 0.15) is 42.5 Å². The maximum absolute atomic E-state index is 10.2. The predicted octanol–water partition coefficient (Wildman–Crippen LogP) is 4.48. The lowest BCUT2D eigenvalue weighted by Gasteiger charge is -2.14. The lowest BCUT2D eigenvalue weighted by atomic mass is 10.1. The van der Waals surface area contributed by atoms with Gasteiger partial charge < -0.3 is 15.5 Å². The summed E-state index contributed by atoms with van der Waals surface area (Å²) in [5.74, 6) is 2.22. The summed E-state index contributed by atoms with van der Waals surface area (Å²) in [7, 11) is 0. The van der Waals surface area contributed by atoms with E-state index in [0.29, 0.717) is 23.4 Å². The average Bonchev–Trinajstić information content (AvgIpc) is 3.15. The van der Waals surface area contributed by atoms with Crippen molar-refractivity contribution in [3.63, 3.8) is 0 Å². The zero-order chi connectivity index (χ0) is 17.6. The minimum absolute atomic E-state index is 0.130. The van der Waals surface area contributed by atoms with E-state index in [9.17, 15) is 10.2 Å². The van der Waals surface area contributed by atoms with Gasteiger partial charge in [-0.05, 0) is 43.9 Å². The van der Waals surface area contributed by atoms with Crippen molar-refractivity contribution >= 4 is 17.4 Å². The van der Waals surface area contributed by atoms with Crippen LogP contribution in [0.2, 0.25) is 0 Å². The van der Waals surface area contributed by atoms with Crippen LogP contribution in [0.15, 0.2) is 35.4 Å². The highest BCUT2D eigenvalue weighted by Crippen LogP contribution is 2.32. The van der Waals surface area contributed by atoms with Crippen LogP contribution in [0, 0.1) is 12.8 Å². The Bertz CT molecular complexity index is 715. The molecule has 0 saturated heterocycles. The average molecular weight is 359 g/mol. The molecule has 1 aliphatic carbocycles. The van der Waals surface area contributed by atoms with E-state index in [1.165, 1.54) is 36.3 Å². The number of aromatic hydroxyl groups is 1. The van der Waals surface area contributed by atoms with Gasteiger partial charge in [-0.15, -0.1) is 11.8 Å². The summed E-state index contributed by atoms with van der Waals surface area (Å²) >= 11 is 1.93. The number of benzene rings is 1. The van der Waals surface area contributed by atoms with Gasteiger partial charge in [0.05, 0.1) is 12.3 Å². The number of nitrogens with zero attached hydrogens (tertiary/aromatic N) is 1. The fourth-order valence-electron chi connectivity index (χ4n) is 3.30. The number of aromatic nitrogens is 1. The highest BCUT2D eigenvalue weighted by Gasteiger charge is 2.15. The first-order valence-electron chi connectivity index (χ1n) is 8.91. The Morgan fingerprint density at radius 1 is 1.28 bits per heavy atom. The number of anilines is 1. The summed E-state index contributed by atoms with van der Waals surface area (Å²) in [6.07, 6.45) is 7.13. The minimum Gasteiger partial charge on any atom is -0.506 e. The van der Waals surface area contributed by atoms with Crippen LogP contribution in [0.5, 0.6) is 5.75 Å². The maximum Gasteiger partial charge on any atom is 0.142 e.